The largest absolute Gasteiger partial charge is 0.396 e. The quantitative estimate of drug-likeness (QED) is 0.891. The Hall–Kier alpha value is -1.39. The first-order valence-electron chi connectivity index (χ1n) is 6.53. The Morgan fingerprint density at radius 1 is 1.65 bits per heavy atom. The van der Waals surface area contributed by atoms with Gasteiger partial charge in [-0.2, -0.15) is 17.0 Å². The first kappa shape index (κ1) is 15.0. The van der Waals surface area contributed by atoms with Crippen molar-refractivity contribution < 1.29 is 4.79 Å². The normalized spacial score (nSPS) is 18.6. The minimum Gasteiger partial charge on any atom is -0.396 e. The molecule has 1 fully saturated rings. The maximum atomic E-state index is 11.8. The van der Waals surface area contributed by atoms with E-state index in [0.29, 0.717) is 21.4 Å². The molecule has 5 nitrogen and oxygen atoms in total. The van der Waals surface area contributed by atoms with Crippen LogP contribution in [0.1, 0.15) is 28.6 Å². The van der Waals surface area contributed by atoms with Crippen molar-refractivity contribution in [1.29, 1.82) is 5.26 Å². The molecular formula is C13H18N4OS2. The summed E-state index contributed by atoms with van der Waals surface area (Å²) in [4.78, 5) is 14.4. The molecule has 3 N–H and O–H groups in total. The van der Waals surface area contributed by atoms with Gasteiger partial charge in [-0.3, -0.25) is 4.79 Å². The third-order valence-corrected chi connectivity index (χ3v) is 5.99. The minimum absolute atomic E-state index is 0.228. The van der Waals surface area contributed by atoms with Gasteiger partial charge in [0, 0.05) is 31.1 Å². The number of carbonyl (C=O) groups is 1. The molecule has 2 heterocycles. The maximum absolute atomic E-state index is 11.8. The van der Waals surface area contributed by atoms with E-state index < -0.39 is 0 Å². The molecule has 1 aromatic heterocycles. The van der Waals surface area contributed by atoms with Crippen LogP contribution in [0.15, 0.2) is 0 Å². The summed E-state index contributed by atoms with van der Waals surface area (Å²) in [6, 6.07) is 2.15. The van der Waals surface area contributed by atoms with Gasteiger partial charge in [-0.15, -0.1) is 11.3 Å². The second kappa shape index (κ2) is 6.37. The summed E-state index contributed by atoms with van der Waals surface area (Å²) in [6.45, 7) is 3.97. The zero-order valence-corrected chi connectivity index (χ0v) is 13.2. The van der Waals surface area contributed by atoms with Crippen LogP contribution >= 0.6 is 23.1 Å². The van der Waals surface area contributed by atoms with Crippen molar-refractivity contribution in [3.05, 3.63) is 10.4 Å². The summed E-state index contributed by atoms with van der Waals surface area (Å²) >= 11 is 3.29. The second-order valence-corrected chi connectivity index (χ2v) is 6.97. The van der Waals surface area contributed by atoms with Gasteiger partial charge < -0.3 is 16.0 Å². The van der Waals surface area contributed by atoms with Crippen molar-refractivity contribution in [2.24, 2.45) is 0 Å². The van der Waals surface area contributed by atoms with Crippen LogP contribution in [0.25, 0.3) is 0 Å². The molecule has 1 amide bonds. The lowest BCUT2D eigenvalue weighted by Gasteiger charge is -2.32. The van der Waals surface area contributed by atoms with Gasteiger partial charge in [-0.1, -0.05) is 6.92 Å². The maximum Gasteiger partial charge on any atom is 0.263 e. The fraction of sp³-hybridized carbons (Fsp3) is 0.538. The van der Waals surface area contributed by atoms with E-state index in [0.717, 1.165) is 30.3 Å². The lowest BCUT2D eigenvalue weighted by molar-refractivity contribution is 0.0968. The molecule has 1 saturated heterocycles. The van der Waals surface area contributed by atoms with E-state index in [9.17, 15) is 10.1 Å². The van der Waals surface area contributed by atoms with Crippen molar-refractivity contribution in [3.8, 4) is 6.07 Å². The molecule has 1 unspecified atom stereocenters. The highest BCUT2D eigenvalue weighted by Gasteiger charge is 2.27. The van der Waals surface area contributed by atoms with Gasteiger partial charge in [-0.05, 0) is 6.42 Å². The smallest absolute Gasteiger partial charge is 0.263 e. The first-order valence-corrected chi connectivity index (χ1v) is 8.39. The number of thioether (sulfide) groups is 1. The van der Waals surface area contributed by atoms with Crippen molar-refractivity contribution >= 4 is 39.7 Å². The molecule has 1 aromatic rings. The van der Waals surface area contributed by atoms with Crippen LogP contribution in [-0.4, -0.2) is 37.0 Å². The van der Waals surface area contributed by atoms with Gasteiger partial charge in [-0.25, -0.2) is 0 Å². The Bertz CT molecular complexity index is 549. The average molecular weight is 310 g/mol. The molecule has 0 aromatic carbocycles. The van der Waals surface area contributed by atoms with E-state index >= 15 is 0 Å². The van der Waals surface area contributed by atoms with E-state index in [4.69, 9.17) is 5.73 Å². The second-order valence-electron chi connectivity index (χ2n) is 4.56. The number of hydrogen-bond acceptors (Lipinski definition) is 6. The van der Waals surface area contributed by atoms with Crippen molar-refractivity contribution in [2.45, 2.75) is 18.6 Å². The molecular weight excluding hydrogens is 292 g/mol. The van der Waals surface area contributed by atoms with Crippen LogP contribution in [-0.2, 0) is 0 Å². The van der Waals surface area contributed by atoms with Gasteiger partial charge in [0.2, 0.25) is 0 Å². The number of rotatable bonds is 3. The summed E-state index contributed by atoms with van der Waals surface area (Å²) in [5.41, 5.74) is 6.70. The van der Waals surface area contributed by atoms with Gasteiger partial charge in [0.05, 0.1) is 5.69 Å². The van der Waals surface area contributed by atoms with Crippen molar-refractivity contribution in [3.63, 3.8) is 0 Å². The number of amides is 1. The van der Waals surface area contributed by atoms with E-state index in [2.05, 4.69) is 23.2 Å². The van der Waals surface area contributed by atoms with Crippen LogP contribution in [0.5, 0.6) is 0 Å². The molecule has 0 radical (unpaired) electrons. The molecule has 7 heteroatoms. The lowest BCUT2D eigenvalue weighted by atomic mass is 10.2. The number of nitrogens with zero attached hydrogens (tertiary/aromatic N) is 2. The topological polar surface area (TPSA) is 82.2 Å². The molecule has 2 rings (SSSR count). The highest BCUT2D eigenvalue weighted by Crippen LogP contribution is 2.39. The Morgan fingerprint density at radius 3 is 3.00 bits per heavy atom. The number of nitriles is 1. The standard InChI is InChI=1S/C13H18N4OS2/c1-3-8-7-17(4-5-19-8)13-9(6-14)10(15)11(20-13)12(18)16-2/h8H,3-5,7,15H2,1-2H3,(H,16,18). The number of carbonyl (C=O) groups excluding carboxylic acids is 1. The summed E-state index contributed by atoms with van der Waals surface area (Å²) in [7, 11) is 1.57. The number of anilines is 2. The Balaban J connectivity index is 2.36. The first-order chi connectivity index (χ1) is 9.62. The monoisotopic (exact) mass is 310 g/mol. The minimum atomic E-state index is -0.228. The van der Waals surface area contributed by atoms with Crippen LogP contribution in [0, 0.1) is 11.3 Å². The molecule has 108 valence electrons. The predicted molar refractivity (Wildman–Crippen MR) is 85.6 cm³/mol. The fourth-order valence-electron chi connectivity index (χ4n) is 2.20. The van der Waals surface area contributed by atoms with Crippen LogP contribution in [0.3, 0.4) is 0 Å². The highest BCUT2D eigenvalue weighted by molar-refractivity contribution is 8.00. The summed E-state index contributed by atoms with van der Waals surface area (Å²) in [5, 5.41) is 13.3. The van der Waals surface area contributed by atoms with E-state index in [1.807, 2.05) is 11.8 Å². The lowest BCUT2D eigenvalue weighted by Crippen LogP contribution is -2.37. The molecule has 1 atom stereocenters. The summed E-state index contributed by atoms with van der Waals surface area (Å²) in [6.07, 6.45) is 1.10. The Labute approximate surface area is 127 Å². The number of nitrogens with one attached hydrogen (secondary N) is 1. The third-order valence-electron chi connectivity index (χ3n) is 3.35. The third kappa shape index (κ3) is 2.72. The molecule has 1 aliphatic heterocycles. The Morgan fingerprint density at radius 2 is 2.40 bits per heavy atom. The number of thiophene rings is 1. The zero-order chi connectivity index (χ0) is 14.7. The Kier molecular flexibility index (Phi) is 4.78. The molecule has 1 aliphatic rings. The zero-order valence-electron chi connectivity index (χ0n) is 11.6. The van der Waals surface area contributed by atoms with Gasteiger partial charge in [0.25, 0.3) is 5.91 Å². The molecule has 0 aliphatic carbocycles. The SMILES string of the molecule is CCC1CN(c2sc(C(=O)NC)c(N)c2C#N)CCS1. The van der Waals surface area contributed by atoms with Gasteiger partial charge in [0.1, 0.15) is 21.5 Å². The average Bonchev–Trinajstić information content (AvgIpc) is 2.83. The van der Waals surface area contributed by atoms with Gasteiger partial charge in [0.15, 0.2) is 0 Å². The van der Waals surface area contributed by atoms with Crippen LogP contribution in [0.4, 0.5) is 10.7 Å². The molecule has 20 heavy (non-hydrogen) atoms. The number of hydrogen-bond donors (Lipinski definition) is 2. The van der Waals surface area contributed by atoms with Crippen LogP contribution < -0.4 is 16.0 Å². The molecule has 0 spiro atoms. The molecule has 0 saturated carbocycles. The van der Waals surface area contributed by atoms with Crippen LogP contribution in [0.2, 0.25) is 0 Å². The highest BCUT2D eigenvalue weighted by atomic mass is 32.2. The van der Waals surface area contributed by atoms with Crippen molar-refractivity contribution in [2.75, 3.05) is 36.5 Å². The fourth-order valence-corrected chi connectivity index (χ4v) is 4.53. The van der Waals surface area contributed by atoms with Crippen molar-refractivity contribution in [1.82, 2.24) is 5.32 Å². The van der Waals surface area contributed by atoms with Gasteiger partial charge >= 0.3 is 0 Å². The van der Waals surface area contributed by atoms with E-state index in [1.54, 1.807) is 7.05 Å². The van der Waals surface area contributed by atoms with E-state index in [1.165, 1.54) is 11.3 Å². The summed E-state index contributed by atoms with van der Waals surface area (Å²) < 4.78 is 0. The predicted octanol–water partition coefficient (Wildman–Crippen LogP) is 1.89. The summed E-state index contributed by atoms with van der Waals surface area (Å²) in [5.74, 6) is 0.810. The number of nitrogens with two attached hydrogens (primary N) is 1. The number of nitrogen functional groups attached to an aromatic ring is 1. The molecule has 0 bridgehead atoms. The van der Waals surface area contributed by atoms with E-state index in [-0.39, 0.29) is 5.91 Å².